The van der Waals surface area contributed by atoms with Gasteiger partial charge in [0.15, 0.2) is 5.60 Å². The van der Waals surface area contributed by atoms with Crippen molar-refractivity contribution in [3.05, 3.63) is 66.0 Å². The highest BCUT2D eigenvalue weighted by Crippen LogP contribution is 2.61. The summed E-state index contributed by atoms with van der Waals surface area (Å²) in [6.07, 6.45) is 1.62. The molecule has 3 aromatic rings. The first kappa shape index (κ1) is 27.6. The SMILES string of the molecule is C[C@@H]1[C@@H]([Si](C)(C)F)[C@H](CCn2cc(CCO)nn2)O[C@@]12C(=O)N(c1ccccc1)c1ccc(N3CCOC3=O)cc12. The van der Waals surface area contributed by atoms with E-state index in [2.05, 4.69) is 10.3 Å². The predicted molar refractivity (Wildman–Crippen MR) is 152 cm³/mol. The molecule has 1 spiro atoms. The molecule has 1 aromatic heterocycles. The Morgan fingerprint density at radius 1 is 1.15 bits per heavy atom. The molecule has 0 radical (unpaired) electrons. The molecule has 0 aliphatic carbocycles. The molecule has 2 saturated heterocycles. The number of carbonyl (C=O) groups excluding carboxylic acids is 2. The summed E-state index contributed by atoms with van der Waals surface area (Å²) < 4.78 is 29.8. The van der Waals surface area contributed by atoms with Crippen LogP contribution in [0.25, 0.3) is 0 Å². The molecule has 41 heavy (non-hydrogen) atoms. The molecular weight excluding hydrogens is 545 g/mol. The number of anilines is 3. The van der Waals surface area contributed by atoms with Gasteiger partial charge in [0.2, 0.25) is 8.41 Å². The van der Waals surface area contributed by atoms with Crippen LogP contribution < -0.4 is 9.80 Å². The van der Waals surface area contributed by atoms with Crippen LogP contribution in [0, 0.1) is 5.92 Å². The van der Waals surface area contributed by atoms with Gasteiger partial charge in [-0.3, -0.25) is 19.3 Å². The number of fused-ring (bicyclic) bond motifs is 2. The van der Waals surface area contributed by atoms with E-state index in [1.807, 2.05) is 55.5 Å². The second-order valence-corrected chi connectivity index (χ2v) is 15.2. The Morgan fingerprint density at radius 3 is 2.61 bits per heavy atom. The van der Waals surface area contributed by atoms with Crippen molar-refractivity contribution < 1.29 is 28.3 Å². The Hall–Kier alpha value is -3.61. The van der Waals surface area contributed by atoms with Crippen LogP contribution in [0.3, 0.4) is 0 Å². The molecule has 4 heterocycles. The van der Waals surface area contributed by atoms with E-state index >= 15 is 4.11 Å². The number of nitrogens with zero attached hydrogens (tertiary/aromatic N) is 5. The maximum Gasteiger partial charge on any atom is 0.414 e. The smallest absolute Gasteiger partial charge is 0.414 e. The topological polar surface area (TPSA) is 110 Å². The molecule has 216 valence electrons. The normalized spacial score (nSPS) is 25.8. The number of aliphatic hydroxyl groups is 1. The average molecular weight is 580 g/mol. The minimum Gasteiger partial charge on any atom is -0.447 e. The van der Waals surface area contributed by atoms with Crippen molar-refractivity contribution in [1.82, 2.24) is 15.0 Å². The van der Waals surface area contributed by atoms with Gasteiger partial charge in [-0.1, -0.05) is 30.3 Å². The highest BCUT2D eigenvalue weighted by Gasteiger charge is 2.67. The number of amides is 2. The molecule has 2 aromatic carbocycles. The Kier molecular flexibility index (Phi) is 6.95. The van der Waals surface area contributed by atoms with E-state index in [9.17, 15) is 14.7 Å². The van der Waals surface area contributed by atoms with Gasteiger partial charge in [0.05, 0.1) is 24.0 Å². The van der Waals surface area contributed by atoms with Crippen LogP contribution in [0.1, 0.15) is 24.6 Å². The number of hydrogen-bond acceptors (Lipinski definition) is 7. The van der Waals surface area contributed by atoms with Crippen molar-refractivity contribution in [3.63, 3.8) is 0 Å². The van der Waals surface area contributed by atoms with Crippen LogP contribution >= 0.6 is 0 Å². The molecule has 3 aliphatic rings. The van der Waals surface area contributed by atoms with E-state index in [1.165, 1.54) is 0 Å². The number of aryl methyl sites for hydroxylation is 1. The molecule has 0 unspecified atom stereocenters. The third-order valence-corrected chi connectivity index (χ3v) is 11.0. The summed E-state index contributed by atoms with van der Waals surface area (Å²) in [6.45, 7) is 6.36. The lowest BCUT2D eigenvalue weighted by molar-refractivity contribution is -0.145. The number of benzene rings is 2. The van der Waals surface area contributed by atoms with Crippen molar-refractivity contribution in [2.75, 3.05) is 29.6 Å². The van der Waals surface area contributed by atoms with Gasteiger partial charge in [0, 0.05) is 54.2 Å². The molecule has 12 heteroatoms. The van der Waals surface area contributed by atoms with E-state index in [0.717, 1.165) is 0 Å². The number of cyclic esters (lactones) is 1. The van der Waals surface area contributed by atoms with E-state index < -0.39 is 37.7 Å². The summed E-state index contributed by atoms with van der Waals surface area (Å²) in [6, 6.07) is 14.8. The minimum absolute atomic E-state index is 0.0231. The maximum absolute atomic E-state index is 16.2. The highest BCUT2D eigenvalue weighted by atomic mass is 28.4. The van der Waals surface area contributed by atoms with Gasteiger partial charge in [-0.2, -0.15) is 0 Å². The molecule has 4 atom stereocenters. The third kappa shape index (κ3) is 4.54. The number of carbonyl (C=O) groups is 2. The summed E-state index contributed by atoms with van der Waals surface area (Å²) in [5, 5.41) is 17.5. The Balaban J connectivity index is 1.43. The van der Waals surface area contributed by atoms with Gasteiger partial charge < -0.3 is 18.7 Å². The van der Waals surface area contributed by atoms with Crippen molar-refractivity contribution >= 4 is 37.5 Å². The Morgan fingerprint density at radius 2 is 1.93 bits per heavy atom. The maximum atomic E-state index is 16.2. The number of aromatic nitrogens is 3. The molecular formula is C29H34FN5O5Si. The molecule has 6 rings (SSSR count). The molecule has 3 aliphatic heterocycles. The lowest BCUT2D eigenvalue weighted by Gasteiger charge is -2.31. The summed E-state index contributed by atoms with van der Waals surface area (Å²) in [4.78, 5) is 30.2. The van der Waals surface area contributed by atoms with Crippen LogP contribution in [0.15, 0.2) is 54.7 Å². The fourth-order valence-corrected chi connectivity index (χ4v) is 9.34. The number of ether oxygens (including phenoxy) is 2. The molecule has 2 amide bonds. The molecule has 1 N–H and O–H groups in total. The lowest BCUT2D eigenvalue weighted by Crippen LogP contribution is -2.44. The summed E-state index contributed by atoms with van der Waals surface area (Å²) in [5.41, 5.74) is 1.36. The van der Waals surface area contributed by atoms with Crippen molar-refractivity contribution in [2.45, 2.75) is 56.7 Å². The predicted octanol–water partition coefficient (Wildman–Crippen LogP) is 4.31. The second-order valence-electron chi connectivity index (χ2n) is 11.4. The first-order valence-electron chi connectivity index (χ1n) is 14.0. The molecule has 0 bridgehead atoms. The fraction of sp³-hybridized carbons (Fsp3) is 0.448. The number of aliphatic hydroxyl groups excluding tert-OH is 1. The summed E-state index contributed by atoms with van der Waals surface area (Å²) >= 11 is 0. The summed E-state index contributed by atoms with van der Waals surface area (Å²) in [7, 11) is -3.35. The van der Waals surface area contributed by atoms with Crippen LogP contribution in [-0.2, 0) is 32.8 Å². The van der Waals surface area contributed by atoms with E-state index in [-0.39, 0.29) is 19.1 Å². The van der Waals surface area contributed by atoms with Crippen LogP contribution in [0.5, 0.6) is 0 Å². The monoisotopic (exact) mass is 579 g/mol. The number of halogens is 1. The average Bonchev–Trinajstić information content (AvgIpc) is 3.70. The van der Waals surface area contributed by atoms with Gasteiger partial charge in [-0.05, 0) is 49.8 Å². The number of para-hydroxylation sites is 1. The Labute approximate surface area is 238 Å². The largest absolute Gasteiger partial charge is 0.447 e. The van der Waals surface area contributed by atoms with Crippen LogP contribution in [0.4, 0.5) is 26.0 Å². The number of hydrogen-bond donors (Lipinski definition) is 1. The number of rotatable bonds is 8. The first-order valence-corrected chi connectivity index (χ1v) is 17.0. The van der Waals surface area contributed by atoms with Gasteiger partial charge in [0.25, 0.3) is 5.91 Å². The van der Waals surface area contributed by atoms with Crippen LogP contribution in [-0.4, -0.2) is 66.4 Å². The second kappa shape index (κ2) is 10.3. The van der Waals surface area contributed by atoms with E-state index in [4.69, 9.17) is 9.47 Å². The van der Waals surface area contributed by atoms with Crippen molar-refractivity contribution in [3.8, 4) is 0 Å². The van der Waals surface area contributed by atoms with Crippen molar-refractivity contribution in [2.24, 2.45) is 5.92 Å². The van der Waals surface area contributed by atoms with E-state index in [0.29, 0.717) is 54.3 Å². The fourth-order valence-electron chi connectivity index (χ4n) is 6.80. The molecule has 0 saturated carbocycles. The summed E-state index contributed by atoms with van der Waals surface area (Å²) in [5.74, 6) is -0.732. The first-order chi connectivity index (χ1) is 19.6. The zero-order valence-electron chi connectivity index (χ0n) is 23.4. The third-order valence-electron chi connectivity index (χ3n) is 8.54. The van der Waals surface area contributed by atoms with Gasteiger partial charge in [-0.25, -0.2) is 4.79 Å². The van der Waals surface area contributed by atoms with Crippen molar-refractivity contribution in [1.29, 1.82) is 0 Å². The van der Waals surface area contributed by atoms with Gasteiger partial charge >= 0.3 is 6.09 Å². The van der Waals surface area contributed by atoms with E-state index in [1.54, 1.807) is 33.8 Å². The zero-order chi connectivity index (χ0) is 28.9. The zero-order valence-corrected chi connectivity index (χ0v) is 24.4. The molecule has 2 fully saturated rings. The van der Waals surface area contributed by atoms with Crippen LogP contribution in [0.2, 0.25) is 18.6 Å². The standard InChI is InChI=1S/C29H34FN5O5Si/c1-19-26(41(2,3)30)25(11-13-33-18-20(12-15-36)31-32-33)40-29(19)23-17-22(34-14-16-39-28(34)38)9-10-24(23)35(27(29)37)21-7-5-4-6-8-21/h4-10,17-19,25-26,36H,11-16H2,1-3H3/t19-,25+,26-,29+/m1/s1. The molecule has 10 nitrogen and oxygen atoms in total. The lowest BCUT2D eigenvalue weighted by atomic mass is 9.82. The highest BCUT2D eigenvalue weighted by molar-refractivity contribution is 6.72. The quantitative estimate of drug-likeness (QED) is 0.313. The Bertz CT molecular complexity index is 1460. The minimum atomic E-state index is -3.35. The van der Waals surface area contributed by atoms with Gasteiger partial charge in [0.1, 0.15) is 6.61 Å². The van der Waals surface area contributed by atoms with Gasteiger partial charge in [-0.15, -0.1) is 5.10 Å².